The third kappa shape index (κ3) is 2.78. The van der Waals surface area contributed by atoms with Crippen LogP contribution in [-0.4, -0.2) is 74.3 Å². The van der Waals surface area contributed by atoms with Crippen molar-refractivity contribution in [2.24, 2.45) is 11.5 Å². The lowest BCUT2D eigenvalue weighted by atomic mass is 9.89. The van der Waals surface area contributed by atoms with Crippen LogP contribution in [0.25, 0.3) is 0 Å². The zero-order valence-corrected chi connectivity index (χ0v) is 9.51. The third-order valence-electron chi connectivity index (χ3n) is 2.95. The van der Waals surface area contributed by atoms with Crippen LogP contribution >= 0.6 is 0 Å². The molecule has 1 unspecified atom stereocenters. The van der Waals surface area contributed by atoms with Crippen LogP contribution in [0.5, 0.6) is 0 Å². The molecule has 0 aliphatic carbocycles. The quantitative estimate of drug-likeness (QED) is 0.266. The first-order chi connectivity index (χ1) is 8.23. The van der Waals surface area contributed by atoms with Gasteiger partial charge in [-0.2, -0.15) is 0 Å². The maximum atomic E-state index is 10.8. The van der Waals surface area contributed by atoms with E-state index in [9.17, 15) is 25.2 Å². The molecule has 18 heavy (non-hydrogen) atoms. The molecule has 9 nitrogen and oxygen atoms in total. The number of hydrogen-bond donors (Lipinski definition) is 7. The van der Waals surface area contributed by atoms with Crippen LogP contribution in [0.4, 0.5) is 0 Å². The van der Waals surface area contributed by atoms with Crippen LogP contribution in [0.3, 0.4) is 0 Å². The summed E-state index contributed by atoms with van der Waals surface area (Å²) in [6, 6.07) is -1.15. The topological polar surface area (TPSA) is 179 Å². The summed E-state index contributed by atoms with van der Waals surface area (Å²) in [5.41, 5.74) is 10.7. The second-order valence-electron chi connectivity index (χ2n) is 4.31. The molecule has 106 valence electrons. The molecule has 0 aromatic heterocycles. The molecule has 0 saturated carbocycles. The number of aliphatic hydroxyl groups is 4. The molecule has 1 aliphatic rings. The number of carboxylic acids is 1. The number of ether oxygens (including phenoxy) is 1. The summed E-state index contributed by atoms with van der Waals surface area (Å²) in [6.45, 7) is -0.310. The van der Waals surface area contributed by atoms with Gasteiger partial charge < -0.3 is 41.7 Å². The number of aliphatic hydroxyl groups excluding tert-OH is 3. The van der Waals surface area contributed by atoms with E-state index >= 15 is 0 Å². The van der Waals surface area contributed by atoms with E-state index in [1.165, 1.54) is 0 Å². The molecule has 0 aromatic rings. The van der Waals surface area contributed by atoms with Crippen molar-refractivity contribution < 1.29 is 35.1 Å². The molecule has 9 heteroatoms. The van der Waals surface area contributed by atoms with Crippen LogP contribution in [0.15, 0.2) is 0 Å². The lowest BCUT2D eigenvalue weighted by Gasteiger charge is -2.43. The van der Waals surface area contributed by atoms with Crippen LogP contribution in [0.2, 0.25) is 0 Å². The Morgan fingerprint density at radius 2 is 2.06 bits per heavy atom. The average Bonchev–Trinajstić information content (AvgIpc) is 2.31. The molecular weight excluding hydrogens is 248 g/mol. The SMILES string of the molecule is NC[C@@H](O)[C@@H](O)[C@@H]1OC(O)(C(=O)O)C[C@H](O)[C@H]1N. The average molecular weight is 266 g/mol. The van der Waals surface area contributed by atoms with Crippen molar-refractivity contribution in [2.45, 2.75) is 42.7 Å². The van der Waals surface area contributed by atoms with Crippen LogP contribution in [-0.2, 0) is 9.53 Å². The Kier molecular flexibility index (Phi) is 4.61. The molecule has 1 heterocycles. The molecule has 0 aromatic carbocycles. The van der Waals surface area contributed by atoms with E-state index in [1.54, 1.807) is 0 Å². The van der Waals surface area contributed by atoms with Gasteiger partial charge in [0.1, 0.15) is 12.2 Å². The Balaban J connectivity index is 2.92. The first kappa shape index (κ1) is 15.2. The minimum Gasteiger partial charge on any atom is -0.477 e. The fraction of sp³-hybridized carbons (Fsp3) is 0.889. The Morgan fingerprint density at radius 1 is 1.50 bits per heavy atom. The largest absolute Gasteiger partial charge is 0.477 e. The van der Waals surface area contributed by atoms with Crippen molar-refractivity contribution in [3.63, 3.8) is 0 Å². The van der Waals surface area contributed by atoms with Crippen molar-refractivity contribution in [3.8, 4) is 0 Å². The summed E-state index contributed by atoms with van der Waals surface area (Å²) in [5.74, 6) is -4.37. The van der Waals surface area contributed by atoms with Crippen molar-refractivity contribution in [2.75, 3.05) is 6.54 Å². The Bertz CT molecular complexity index is 315. The van der Waals surface area contributed by atoms with Crippen molar-refractivity contribution in [1.29, 1.82) is 0 Å². The molecule has 1 rings (SSSR count). The summed E-state index contributed by atoms with van der Waals surface area (Å²) in [5, 5.41) is 47.1. The zero-order valence-electron chi connectivity index (χ0n) is 9.51. The van der Waals surface area contributed by atoms with Crippen LogP contribution in [0.1, 0.15) is 6.42 Å². The summed E-state index contributed by atoms with van der Waals surface area (Å²) in [6.07, 6.45) is -6.51. The molecule has 0 spiro atoms. The van der Waals surface area contributed by atoms with E-state index < -0.39 is 48.6 Å². The molecule has 0 bridgehead atoms. The summed E-state index contributed by atoms with van der Waals surface area (Å²) in [7, 11) is 0. The standard InChI is InChI=1S/C9H18N2O7/c10-2-4(13)6(14)7-5(11)3(12)1-9(17,18-7)8(15)16/h3-7,12-14,17H,1-2,10-11H2,(H,15,16)/t3-,4+,5+,6+,7+,9?/m0/s1. The highest BCUT2D eigenvalue weighted by Crippen LogP contribution is 2.29. The van der Waals surface area contributed by atoms with E-state index in [1.807, 2.05) is 0 Å². The van der Waals surface area contributed by atoms with E-state index in [4.69, 9.17) is 21.3 Å². The van der Waals surface area contributed by atoms with Crippen molar-refractivity contribution >= 4 is 5.97 Å². The van der Waals surface area contributed by atoms with Gasteiger partial charge in [-0.15, -0.1) is 0 Å². The molecule has 0 radical (unpaired) electrons. The minimum atomic E-state index is -2.66. The Morgan fingerprint density at radius 3 is 2.50 bits per heavy atom. The van der Waals surface area contributed by atoms with Crippen molar-refractivity contribution in [3.05, 3.63) is 0 Å². The molecule has 1 aliphatic heterocycles. The number of nitrogens with two attached hydrogens (primary N) is 2. The number of carbonyl (C=O) groups is 1. The van der Waals surface area contributed by atoms with E-state index in [0.29, 0.717) is 0 Å². The lowest BCUT2D eigenvalue weighted by molar-refractivity contribution is -0.291. The van der Waals surface area contributed by atoms with E-state index in [0.717, 1.165) is 0 Å². The lowest BCUT2D eigenvalue weighted by Crippen LogP contribution is -2.65. The van der Waals surface area contributed by atoms with Gasteiger partial charge >= 0.3 is 5.97 Å². The highest BCUT2D eigenvalue weighted by molar-refractivity contribution is 5.75. The summed E-state index contributed by atoms with van der Waals surface area (Å²) < 4.78 is 4.81. The number of rotatable bonds is 4. The molecule has 0 amide bonds. The Hall–Kier alpha value is -0.810. The van der Waals surface area contributed by atoms with E-state index in [-0.39, 0.29) is 6.54 Å². The van der Waals surface area contributed by atoms with Gasteiger partial charge in [0.2, 0.25) is 0 Å². The number of hydrogen-bond acceptors (Lipinski definition) is 8. The number of aliphatic carboxylic acids is 1. The fourth-order valence-corrected chi connectivity index (χ4v) is 1.78. The van der Waals surface area contributed by atoms with Crippen LogP contribution in [0, 0.1) is 0 Å². The summed E-state index contributed by atoms with van der Waals surface area (Å²) in [4.78, 5) is 10.8. The van der Waals surface area contributed by atoms with Gasteiger partial charge in [0.15, 0.2) is 0 Å². The van der Waals surface area contributed by atoms with E-state index in [2.05, 4.69) is 0 Å². The van der Waals surface area contributed by atoms with Gasteiger partial charge in [0, 0.05) is 13.0 Å². The first-order valence-electron chi connectivity index (χ1n) is 5.36. The number of carboxylic acid groups (broad SMARTS) is 1. The maximum Gasteiger partial charge on any atom is 0.364 e. The Labute approximate surface area is 103 Å². The predicted molar refractivity (Wildman–Crippen MR) is 57.1 cm³/mol. The highest BCUT2D eigenvalue weighted by Gasteiger charge is 2.52. The van der Waals surface area contributed by atoms with Gasteiger partial charge in [0.05, 0.1) is 18.2 Å². The normalized spacial score (nSPS) is 40.2. The minimum absolute atomic E-state index is 0.310. The highest BCUT2D eigenvalue weighted by atomic mass is 16.7. The maximum absolute atomic E-state index is 10.8. The molecule has 1 saturated heterocycles. The van der Waals surface area contributed by atoms with Gasteiger partial charge in [-0.1, -0.05) is 0 Å². The van der Waals surface area contributed by atoms with Gasteiger partial charge in [-0.05, 0) is 0 Å². The van der Waals surface area contributed by atoms with Gasteiger partial charge in [-0.25, -0.2) is 4.79 Å². The zero-order chi connectivity index (χ0) is 14.1. The monoisotopic (exact) mass is 266 g/mol. The smallest absolute Gasteiger partial charge is 0.364 e. The van der Waals surface area contributed by atoms with Crippen molar-refractivity contribution in [1.82, 2.24) is 0 Å². The molecular formula is C9H18N2O7. The summed E-state index contributed by atoms with van der Waals surface area (Å²) >= 11 is 0. The molecule has 9 N–H and O–H groups in total. The van der Waals surface area contributed by atoms with Crippen LogP contribution < -0.4 is 11.5 Å². The fourth-order valence-electron chi connectivity index (χ4n) is 1.78. The predicted octanol–water partition coefficient (Wildman–Crippen LogP) is -4.08. The second-order valence-corrected chi connectivity index (χ2v) is 4.31. The molecule has 1 fully saturated rings. The second kappa shape index (κ2) is 5.45. The van der Waals surface area contributed by atoms with Gasteiger partial charge in [0.25, 0.3) is 5.79 Å². The first-order valence-corrected chi connectivity index (χ1v) is 5.36. The molecule has 6 atom stereocenters. The third-order valence-corrected chi connectivity index (χ3v) is 2.95. The van der Waals surface area contributed by atoms with Gasteiger partial charge in [-0.3, -0.25) is 0 Å².